The summed E-state index contributed by atoms with van der Waals surface area (Å²) in [5.41, 5.74) is 3.96. The Hall–Kier alpha value is -4.43. The average Bonchev–Trinajstić information content (AvgIpc) is 3.46. The molecule has 0 saturated heterocycles. The first-order valence-electron chi connectivity index (χ1n) is 10.2. The van der Waals surface area contributed by atoms with Gasteiger partial charge < -0.3 is 14.2 Å². The number of nitro benzene ring substituents is 1. The molecule has 0 atom stereocenters. The molecule has 3 aromatic carbocycles. The third kappa shape index (κ3) is 4.14. The van der Waals surface area contributed by atoms with Crippen molar-refractivity contribution in [2.75, 3.05) is 5.32 Å². The number of anilines is 1. The van der Waals surface area contributed by atoms with E-state index in [1.807, 2.05) is 0 Å². The smallest absolute Gasteiger partial charge is 0.291 e. The van der Waals surface area contributed by atoms with E-state index in [0.717, 1.165) is 5.56 Å². The summed E-state index contributed by atoms with van der Waals surface area (Å²) in [4.78, 5) is 27.6. The third-order valence-corrected chi connectivity index (χ3v) is 5.49. The number of amides is 1. The maximum absolute atomic E-state index is 12.7. The Kier molecular flexibility index (Phi) is 5.35. The van der Waals surface area contributed by atoms with Crippen molar-refractivity contribution in [3.05, 3.63) is 99.3 Å². The van der Waals surface area contributed by atoms with Gasteiger partial charge in [-0.25, -0.2) is 4.98 Å². The number of aryl methyl sites for hydroxylation is 1. The predicted octanol–water partition coefficient (Wildman–Crippen LogP) is 6.88. The van der Waals surface area contributed by atoms with E-state index >= 15 is 0 Å². The number of nitro groups is 1. The van der Waals surface area contributed by atoms with Crippen molar-refractivity contribution in [1.29, 1.82) is 0 Å². The lowest BCUT2D eigenvalue weighted by Crippen LogP contribution is -2.10. The first-order chi connectivity index (χ1) is 16.4. The molecule has 0 fully saturated rings. The fourth-order valence-corrected chi connectivity index (χ4v) is 3.72. The van der Waals surface area contributed by atoms with Gasteiger partial charge in [0.2, 0.25) is 5.89 Å². The fraction of sp³-hybridized carbons (Fsp3) is 0.0400. The second-order valence-corrected chi connectivity index (χ2v) is 8.02. The molecule has 1 N–H and O–H groups in total. The van der Waals surface area contributed by atoms with Crippen LogP contribution in [0, 0.1) is 17.0 Å². The van der Waals surface area contributed by atoms with E-state index in [-0.39, 0.29) is 11.4 Å². The number of carbonyl (C=O) groups is 1. The van der Waals surface area contributed by atoms with Gasteiger partial charge in [0.05, 0.1) is 4.92 Å². The van der Waals surface area contributed by atoms with Crippen molar-refractivity contribution >= 4 is 40.0 Å². The van der Waals surface area contributed by atoms with E-state index in [9.17, 15) is 14.9 Å². The highest BCUT2D eigenvalue weighted by atomic mass is 35.5. The molecule has 0 radical (unpaired) electrons. The Balaban J connectivity index is 1.31. The summed E-state index contributed by atoms with van der Waals surface area (Å²) in [6.07, 6.45) is 0. The molecule has 1 amide bonds. The standard InChI is InChI=1S/C25H16ClN3O5/c1-14-12-18(29(31)32)7-8-19(14)21-10-11-23(33-21)24(30)27-17-5-2-15(3-6-17)25-28-20-13-16(26)4-9-22(20)34-25/h2-13H,1H3,(H,27,30). The molecule has 0 aliphatic heterocycles. The van der Waals surface area contributed by atoms with Crippen molar-refractivity contribution in [3.63, 3.8) is 0 Å². The zero-order chi connectivity index (χ0) is 23.8. The van der Waals surface area contributed by atoms with Crippen LogP contribution in [0.4, 0.5) is 11.4 Å². The van der Waals surface area contributed by atoms with Crippen molar-refractivity contribution in [3.8, 4) is 22.8 Å². The third-order valence-electron chi connectivity index (χ3n) is 5.26. The van der Waals surface area contributed by atoms with Crippen LogP contribution in [0.15, 0.2) is 81.6 Å². The van der Waals surface area contributed by atoms with Crippen molar-refractivity contribution in [2.24, 2.45) is 0 Å². The predicted molar refractivity (Wildman–Crippen MR) is 128 cm³/mol. The minimum atomic E-state index is -0.455. The van der Waals surface area contributed by atoms with Crippen LogP contribution in [0.5, 0.6) is 0 Å². The number of non-ortho nitro benzene ring substituents is 1. The zero-order valence-corrected chi connectivity index (χ0v) is 18.5. The highest BCUT2D eigenvalue weighted by Crippen LogP contribution is 2.30. The Morgan fingerprint density at radius 1 is 1.00 bits per heavy atom. The molecule has 0 aliphatic carbocycles. The van der Waals surface area contributed by atoms with E-state index in [1.165, 1.54) is 12.1 Å². The molecule has 5 aromatic rings. The van der Waals surface area contributed by atoms with E-state index in [1.54, 1.807) is 67.6 Å². The van der Waals surface area contributed by atoms with Gasteiger partial charge in [-0.1, -0.05) is 11.6 Å². The summed E-state index contributed by atoms with van der Waals surface area (Å²) < 4.78 is 11.5. The van der Waals surface area contributed by atoms with Crippen LogP contribution in [0.25, 0.3) is 33.9 Å². The van der Waals surface area contributed by atoms with Crippen LogP contribution in [-0.4, -0.2) is 15.8 Å². The second-order valence-electron chi connectivity index (χ2n) is 7.58. The number of halogens is 1. The first kappa shape index (κ1) is 21.4. The number of hydrogen-bond donors (Lipinski definition) is 1. The van der Waals surface area contributed by atoms with Crippen LogP contribution in [-0.2, 0) is 0 Å². The molecule has 168 valence electrons. The Morgan fingerprint density at radius 3 is 2.53 bits per heavy atom. The number of aromatic nitrogens is 1. The van der Waals surface area contributed by atoms with Crippen molar-refractivity contribution in [2.45, 2.75) is 6.92 Å². The highest BCUT2D eigenvalue weighted by molar-refractivity contribution is 6.31. The lowest BCUT2D eigenvalue weighted by molar-refractivity contribution is -0.384. The quantitative estimate of drug-likeness (QED) is 0.220. The fourth-order valence-electron chi connectivity index (χ4n) is 3.56. The van der Waals surface area contributed by atoms with Gasteiger partial charge in [0.1, 0.15) is 11.3 Å². The van der Waals surface area contributed by atoms with Crippen LogP contribution < -0.4 is 5.32 Å². The maximum Gasteiger partial charge on any atom is 0.291 e. The topological polar surface area (TPSA) is 111 Å². The van der Waals surface area contributed by atoms with Crippen LogP contribution >= 0.6 is 11.6 Å². The van der Waals surface area contributed by atoms with Gasteiger partial charge in [0.15, 0.2) is 11.3 Å². The van der Waals surface area contributed by atoms with Gasteiger partial charge in [0.25, 0.3) is 11.6 Å². The monoisotopic (exact) mass is 473 g/mol. The Labute approximate surface area is 197 Å². The van der Waals surface area contributed by atoms with Crippen molar-refractivity contribution in [1.82, 2.24) is 4.98 Å². The highest BCUT2D eigenvalue weighted by Gasteiger charge is 2.16. The van der Waals surface area contributed by atoms with Gasteiger partial charge >= 0.3 is 0 Å². The summed E-state index contributed by atoms with van der Waals surface area (Å²) in [6, 6.07) is 20.0. The molecule has 9 heteroatoms. The number of fused-ring (bicyclic) bond motifs is 1. The van der Waals surface area contributed by atoms with Gasteiger partial charge in [0, 0.05) is 34.0 Å². The van der Waals surface area contributed by atoms with E-state index in [2.05, 4.69) is 10.3 Å². The molecule has 8 nitrogen and oxygen atoms in total. The lowest BCUT2D eigenvalue weighted by Gasteiger charge is -2.05. The van der Waals surface area contributed by atoms with Gasteiger partial charge in [-0.3, -0.25) is 14.9 Å². The summed E-state index contributed by atoms with van der Waals surface area (Å²) in [7, 11) is 0. The van der Waals surface area contributed by atoms with Gasteiger partial charge in [-0.2, -0.15) is 0 Å². The molecule has 5 rings (SSSR count). The molecular weight excluding hydrogens is 458 g/mol. The molecule has 0 bridgehead atoms. The molecule has 2 aromatic heterocycles. The number of rotatable bonds is 5. The number of oxazole rings is 1. The average molecular weight is 474 g/mol. The number of nitrogens with one attached hydrogen (secondary N) is 1. The maximum atomic E-state index is 12.7. The minimum absolute atomic E-state index is 0.00383. The van der Waals surface area contributed by atoms with Crippen molar-refractivity contribution < 1.29 is 18.6 Å². The molecule has 0 spiro atoms. The minimum Gasteiger partial charge on any atom is -0.451 e. The molecule has 34 heavy (non-hydrogen) atoms. The molecule has 0 aliphatic rings. The number of nitrogens with zero attached hydrogens (tertiary/aromatic N) is 2. The Morgan fingerprint density at radius 2 is 1.79 bits per heavy atom. The number of hydrogen-bond acceptors (Lipinski definition) is 6. The van der Waals surface area contributed by atoms with Crippen LogP contribution in [0.2, 0.25) is 5.02 Å². The number of furan rings is 1. The summed E-state index contributed by atoms with van der Waals surface area (Å²) in [5, 5.41) is 14.3. The van der Waals surface area contributed by atoms with E-state index < -0.39 is 10.8 Å². The van der Waals surface area contributed by atoms with Crippen LogP contribution in [0.3, 0.4) is 0 Å². The van der Waals surface area contributed by atoms with E-state index in [0.29, 0.717) is 44.6 Å². The second kappa shape index (κ2) is 8.49. The number of benzene rings is 3. The van der Waals surface area contributed by atoms with Gasteiger partial charge in [-0.15, -0.1) is 0 Å². The zero-order valence-electron chi connectivity index (χ0n) is 17.7. The number of carbonyl (C=O) groups excluding carboxylic acids is 1. The molecule has 0 saturated carbocycles. The van der Waals surface area contributed by atoms with E-state index in [4.69, 9.17) is 20.4 Å². The first-order valence-corrected chi connectivity index (χ1v) is 10.6. The summed E-state index contributed by atoms with van der Waals surface area (Å²) in [6.45, 7) is 1.75. The Bertz CT molecular complexity index is 1550. The molecule has 2 heterocycles. The molecular formula is C25H16ClN3O5. The normalized spacial score (nSPS) is 11.0. The largest absolute Gasteiger partial charge is 0.451 e. The lowest BCUT2D eigenvalue weighted by atomic mass is 10.1. The molecule has 0 unspecified atom stereocenters. The summed E-state index contributed by atoms with van der Waals surface area (Å²) >= 11 is 6.00. The summed E-state index contributed by atoms with van der Waals surface area (Å²) in [5.74, 6) is 0.593. The van der Waals surface area contributed by atoms with Gasteiger partial charge in [-0.05, 0) is 73.2 Å². The SMILES string of the molecule is Cc1cc([N+](=O)[O-])ccc1-c1ccc(C(=O)Nc2ccc(-c3nc4cc(Cl)ccc4o3)cc2)o1. The van der Waals surface area contributed by atoms with Crippen LogP contribution in [0.1, 0.15) is 16.1 Å².